The van der Waals surface area contributed by atoms with Gasteiger partial charge in [-0.05, 0) is 106 Å². The van der Waals surface area contributed by atoms with E-state index in [-0.39, 0.29) is 0 Å². The van der Waals surface area contributed by atoms with Gasteiger partial charge in [0.15, 0.2) is 0 Å². The van der Waals surface area contributed by atoms with Crippen molar-refractivity contribution in [2.75, 3.05) is 32.1 Å². The van der Waals surface area contributed by atoms with E-state index in [1.165, 1.54) is 93.4 Å². The molecule has 2 aromatic rings. The van der Waals surface area contributed by atoms with Gasteiger partial charge >= 0.3 is 0 Å². The Bertz CT molecular complexity index is 949. The fourth-order valence-corrected chi connectivity index (χ4v) is 6.92. The Morgan fingerprint density at radius 2 is 1.94 bits per heavy atom. The summed E-state index contributed by atoms with van der Waals surface area (Å²) in [5.41, 5.74) is 7.50. The number of aryl methyl sites for hydroxylation is 1. The average molecular weight is 461 g/mol. The van der Waals surface area contributed by atoms with E-state index in [2.05, 4.69) is 66.5 Å². The lowest BCUT2D eigenvalue weighted by Crippen LogP contribution is -2.43. The second kappa shape index (κ2) is 10.8. The molecule has 4 heteroatoms. The van der Waals surface area contributed by atoms with Gasteiger partial charge in [-0.3, -0.25) is 4.98 Å². The van der Waals surface area contributed by atoms with Gasteiger partial charge in [-0.1, -0.05) is 31.5 Å². The summed E-state index contributed by atoms with van der Waals surface area (Å²) in [7, 11) is 4.59. The van der Waals surface area contributed by atoms with Crippen molar-refractivity contribution < 1.29 is 0 Å². The summed E-state index contributed by atoms with van der Waals surface area (Å²) in [6.07, 6.45) is 13.4. The van der Waals surface area contributed by atoms with Crippen LogP contribution in [0.3, 0.4) is 0 Å². The van der Waals surface area contributed by atoms with Gasteiger partial charge in [0.1, 0.15) is 0 Å². The van der Waals surface area contributed by atoms with Gasteiger partial charge in [-0.15, -0.1) is 0 Å². The molecule has 5 rings (SSSR count). The van der Waals surface area contributed by atoms with Crippen LogP contribution in [0.25, 0.3) is 0 Å². The van der Waals surface area contributed by atoms with Gasteiger partial charge in [0.25, 0.3) is 0 Å². The topological polar surface area (TPSA) is 31.4 Å². The lowest BCUT2D eigenvalue weighted by atomic mass is 9.75. The Morgan fingerprint density at radius 1 is 1.12 bits per heavy atom. The Morgan fingerprint density at radius 3 is 2.76 bits per heavy atom. The number of benzene rings is 1. The number of anilines is 1. The predicted octanol–water partition coefficient (Wildman–Crippen LogP) is 5.55. The summed E-state index contributed by atoms with van der Waals surface area (Å²) in [6.45, 7) is 5.83. The van der Waals surface area contributed by atoms with Gasteiger partial charge in [-0.25, -0.2) is 0 Å². The van der Waals surface area contributed by atoms with E-state index in [9.17, 15) is 0 Å². The van der Waals surface area contributed by atoms with Crippen LogP contribution in [-0.4, -0.2) is 49.2 Å². The lowest BCUT2D eigenvalue weighted by molar-refractivity contribution is 0.252. The summed E-state index contributed by atoms with van der Waals surface area (Å²) in [4.78, 5) is 9.92. The standard InChI is InChI=1S/C30H44N4/c1-4-22(27-11-5-8-23-10-7-17-31-30(23)27)13-14-25-20-28-24(21-32-25)9-6-12-29(28)34(3)26-15-18-33(2)19-16-26/h6-7,9-10,12,17,22,25-27,32H,4-5,8,11,13-16,18-21H2,1-3H3/t22?,25-,27+/m0/s1. The second-order valence-electron chi connectivity index (χ2n) is 11.1. The highest BCUT2D eigenvalue weighted by atomic mass is 15.2. The van der Waals surface area contributed by atoms with Gasteiger partial charge in [-0.2, -0.15) is 0 Å². The first kappa shape index (κ1) is 23.8. The highest BCUT2D eigenvalue weighted by molar-refractivity contribution is 5.58. The van der Waals surface area contributed by atoms with Gasteiger partial charge < -0.3 is 15.1 Å². The molecular weight excluding hydrogens is 416 g/mol. The fourth-order valence-electron chi connectivity index (χ4n) is 6.92. The van der Waals surface area contributed by atoms with Crippen molar-refractivity contribution in [3.63, 3.8) is 0 Å². The highest BCUT2D eigenvalue weighted by Crippen LogP contribution is 2.40. The highest BCUT2D eigenvalue weighted by Gasteiger charge is 2.30. The molecule has 3 atom stereocenters. The molecule has 1 aromatic heterocycles. The van der Waals surface area contributed by atoms with Crippen LogP contribution in [0.4, 0.5) is 5.69 Å². The monoisotopic (exact) mass is 460 g/mol. The minimum absolute atomic E-state index is 0.584. The zero-order valence-corrected chi connectivity index (χ0v) is 21.6. The van der Waals surface area contributed by atoms with Crippen molar-refractivity contribution in [3.05, 3.63) is 58.9 Å². The third-order valence-electron chi connectivity index (χ3n) is 9.11. The minimum atomic E-state index is 0.584. The van der Waals surface area contributed by atoms with Gasteiger partial charge in [0.05, 0.1) is 0 Å². The number of piperidine rings is 1. The molecule has 0 saturated carbocycles. The molecule has 1 unspecified atom stereocenters. The number of nitrogens with zero attached hydrogens (tertiary/aromatic N) is 3. The molecular formula is C30H44N4. The van der Waals surface area contributed by atoms with Crippen molar-refractivity contribution in [3.8, 4) is 0 Å². The van der Waals surface area contributed by atoms with Crippen molar-refractivity contribution in [2.45, 2.75) is 89.3 Å². The minimum Gasteiger partial charge on any atom is -0.371 e. The Labute approximate surface area is 207 Å². The molecule has 1 aliphatic carbocycles. The predicted molar refractivity (Wildman–Crippen MR) is 143 cm³/mol. The van der Waals surface area contributed by atoms with Gasteiger partial charge in [0.2, 0.25) is 0 Å². The first-order valence-corrected chi connectivity index (χ1v) is 13.8. The molecule has 1 saturated heterocycles. The number of likely N-dealkylation sites (tertiary alicyclic amines) is 1. The van der Waals surface area contributed by atoms with Crippen LogP contribution in [0, 0.1) is 5.92 Å². The number of hydrogen-bond acceptors (Lipinski definition) is 4. The quantitative estimate of drug-likeness (QED) is 0.587. The molecule has 0 radical (unpaired) electrons. The number of aromatic nitrogens is 1. The molecule has 1 N–H and O–H groups in total. The largest absolute Gasteiger partial charge is 0.371 e. The van der Waals surface area contributed by atoms with E-state index in [1.807, 2.05) is 6.20 Å². The molecule has 0 amide bonds. The molecule has 4 nitrogen and oxygen atoms in total. The van der Waals surface area contributed by atoms with E-state index >= 15 is 0 Å². The van der Waals surface area contributed by atoms with Crippen LogP contribution in [0.5, 0.6) is 0 Å². The maximum absolute atomic E-state index is 4.85. The van der Waals surface area contributed by atoms with E-state index < -0.39 is 0 Å². The number of rotatable bonds is 7. The van der Waals surface area contributed by atoms with Crippen molar-refractivity contribution in [1.29, 1.82) is 0 Å². The van der Waals surface area contributed by atoms with Crippen molar-refractivity contribution in [2.24, 2.45) is 5.92 Å². The van der Waals surface area contributed by atoms with E-state index in [0.717, 1.165) is 12.5 Å². The van der Waals surface area contributed by atoms with Crippen LogP contribution in [-0.2, 0) is 19.4 Å². The lowest BCUT2D eigenvalue weighted by Gasteiger charge is -2.39. The number of fused-ring (bicyclic) bond motifs is 2. The van der Waals surface area contributed by atoms with Gasteiger partial charge in [0, 0.05) is 49.2 Å². The molecule has 34 heavy (non-hydrogen) atoms. The molecule has 3 aliphatic rings. The smallest absolute Gasteiger partial charge is 0.0469 e. The normalized spacial score (nSPS) is 24.3. The molecule has 0 bridgehead atoms. The molecule has 1 fully saturated rings. The van der Waals surface area contributed by atoms with Crippen molar-refractivity contribution in [1.82, 2.24) is 15.2 Å². The maximum Gasteiger partial charge on any atom is 0.0469 e. The molecule has 184 valence electrons. The zero-order chi connectivity index (χ0) is 23.5. The molecule has 3 heterocycles. The summed E-state index contributed by atoms with van der Waals surface area (Å²) < 4.78 is 0. The van der Waals surface area contributed by atoms with Crippen LogP contribution in [0.1, 0.15) is 80.2 Å². The maximum atomic E-state index is 4.85. The molecule has 1 aromatic carbocycles. The Balaban J connectivity index is 1.25. The summed E-state index contributed by atoms with van der Waals surface area (Å²) >= 11 is 0. The Hall–Kier alpha value is -1.91. The first-order chi connectivity index (χ1) is 16.6. The summed E-state index contributed by atoms with van der Waals surface area (Å²) in [6, 6.07) is 12.7. The third kappa shape index (κ3) is 5.04. The SMILES string of the molecule is CCC(CC[C@H]1Cc2c(cccc2N(C)C2CCN(C)CC2)CN1)[C@H]1CCCc2cccnc21. The number of hydrogen-bond donors (Lipinski definition) is 1. The Kier molecular flexibility index (Phi) is 7.55. The third-order valence-corrected chi connectivity index (χ3v) is 9.11. The van der Waals surface area contributed by atoms with Crippen LogP contribution < -0.4 is 10.2 Å². The number of nitrogens with one attached hydrogen (secondary N) is 1. The molecule has 0 spiro atoms. The average Bonchev–Trinajstić information content (AvgIpc) is 2.88. The first-order valence-electron chi connectivity index (χ1n) is 13.8. The van der Waals surface area contributed by atoms with Crippen LogP contribution in [0.2, 0.25) is 0 Å². The van der Waals surface area contributed by atoms with E-state index in [1.54, 1.807) is 5.56 Å². The number of pyridine rings is 1. The zero-order valence-electron chi connectivity index (χ0n) is 21.6. The summed E-state index contributed by atoms with van der Waals surface area (Å²) in [5, 5.41) is 3.89. The van der Waals surface area contributed by atoms with Crippen molar-refractivity contribution >= 4 is 5.69 Å². The van der Waals surface area contributed by atoms with E-state index in [0.29, 0.717) is 18.0 Å². The van der Waals surface area contributed by atoms with Crippen LogP contribution >= 0.6 is 0 Å². The molecule has 2 aliphatic heterocycles. The summed E-state index contributed by atoms with van der Waals surface area (Å²) in [5.74, 6) is 1.39. The second-order valence-corrected chi connectivity index (χ2v) is 11.1. The van der Waals surface area contributed by atoms with E-state index in [4.69, 9.17) is 4.98 Å². The van der Waals surface area contributed by atoms with Crippen LogP contribution in [0.15, 0.2) is 36.5 Å². The fraction of sp³-hybridized carbons (Fsp3) is 0.633.